The van der Waals surface area contributed by atoms with Gasteiger partial charge >= 0.3 is 0 Å². The Kier molecular flexibility index (Phi) is 7.76. The molecule has 0 bridgehead atoms. The van der Waals surface area contributed by atoms with Crippen LogP contribution in [0.4, 0.5) is 0 Å². The van der Waals surface area contributed by atoms with E-state index < -0.39 is 0 Å². The summed E-state index contributed by atoms with van der Waals surface area (Å²) in [5.74, 6) is 1.41. The van der Waals surface area contributed by atoms with E-state index in [-0.39, 0.29) is 17.5 Å². The van der Waals surface area contributed by atoms with Crippen molar-refractivity contribution in [1.82, 2.24) is 10.2 Å². The van der Waals surface area contributed by atoms with Crippen molar-refractivity contribution in [3.8, 4) is 17.2 Å². The Morgan fingerprint density at radius 1 is 0.969 bits per heavy atom. The number of benzene rings is 2. The van der Waals surface area contributed by atoms with Crippen LogP contribution in [-0.4, -0.2) is 51.1 Å². The van der Waals surface area contributed by atoms with E-state index in [2.05, 4.69) is 12.2 Å². The number of carbonyl (C=O) groups is 2. The van der Waals surface area contributed by atoms with Gasteiger partial charge in [0.1, 0.15) is 5.70 Å². The third kappa shape index (κ3) is 5.41. The van der Waals surface area contributed by atoms with Crippen LogP contribution in [0.3, 0.4) is 0 Å². The maximum absolute atomic E-state index is 13.4. The van der Waals surface area contributed by atoms with Crippen LogP contribution in [-0.2, 0) is 4.79 Å². The number of carbonyl (C=O) groups excluding carboxylic acids is 2. The van der Waals surface area contributed by atoms with Crippen LogP contribution in [0, 0.1) is 5.92 Å². The minimum absolute atomic E-state index is 0.197. The van der Waals surface area contributed by atoms with Crippen molar-refractivity contribution in [2.75, 3.05) is 34.4 Å². The van der Waals surface area contributed by atoms with Crippen molar-refractivity contribution in [3.63, 3.8) is 0 Å². The van der Waals surface area contributed by atoms with Crippen molar-refractivity contribution in [2.24, 2.45) is 5.92 Å². The molecule has 1 heterocycles. The van der Waals surface area contributed by atoms with Crippen molar-refractivity contribution >= 4 is 17.9 Å². The number of nitrogens with zero attached hydrogens (tertiary/aromatic N) is 1. The van der Waals surface area contributed by atoms with Crippen LogP contribution < -0.4 is 19.5 Å². The molecule has 32 heavy (non-hydrogen) atoms. The number of amides is 2. The number of methoxy groups -OCH3 is 3. The van der Waals surface area contributed by atoms with Gasteiger partial charge in [0.05, 0.1) is 21.3 Å². The SMILES string of the molecule is COc1cc(/C=C(\NC(=O)c2ccccc2)C(=O)N2CCC(C)CC2)cc(OC)c1OC. The first-order chi connectivity index (χ1) is 15.5. The molecule has 1 aliphatic rings. The zero-order valence-corrected chi connectivity index (χ0v) is 19.0. The third-order valence-corrected chi connectivity index (χ3v) is 5.58. The molecule has 7 nitrogen and oxygen atoms in total. The molecule has 1 aliphatic heterocycles. The van der Waals surface area contributed by atoms with Gasteiger partial charge < -0.3 is 24.4 Å². The Hall–Kier alpha value is -3.48. The summed E-state index contributed by atoms with van der Waals surface area (Å²) in [5.41, 5.74) is 1.31. The summed E-state index contributed by atoms with van der Waals surface area (Å²) in [6.07, 6.45) is 3.53. The van der Waals surface area contributed by atoms with E-state index in [0.717, 1.165) is 12.8 Å². The predicted molar refractivity (Wildman–Crippen MR) is 123 cm³/mol. The number of piperidine rings is 1. The van der Waals surface area contributed by atoms with Gasteiger partial charge in [0, 0.05) is 18.7 Å². The van der Waals surface area contributed by atoms with Gasteiger partial charge in [-0.05, 0) is 54.7 Å². The van der Waals surface area contributed by atoms with E-state index in [4.69, 9.17) is 14.2 Å². The van der Waals surface area contributed by atoms with E-state index in [0.29, 0.717) is 47.4 Å². The zero-order valence-electron chi connectivity index (χ0n) is 19.0. The minimum Gasteiger partial charge on any atom is -0.493 e. The molecule has 0 atom stereocenters. The summed E-state index contributed by atoms with van der Waals surface area (Å²) in [4.78, 5) is 28.0. The number of rotatable bonds is 7. The second-order valence-corrected chi connectivity index (χ2v) is 7.81. The van der Waals surface area contributed by atoms with E-state index in [9.17, 15) is 9.59 Å². The lowest BCUT2D eigenvalue weighted by molar-refractivity contribution is -0.128. The van der Waals surface area contributed by atoms with Crippen LogP contribution in [0.15, 0.2) is 48.2 Å². The molecule has 0 aromatic heterocycles. The third-order valence-electron chi connectivity index (χ3n) is 5.58. The van der Waals surface area contributed by atoms with Crippen molar-refractivity contribution in [3.05, 3.63) is 59.3 Å². The van der Waals surface area contributed by atoms with Crippen LogP contribution in [0.5, 0.6) is 17.2 Å². The monoisotopic (exact) mass is 438 g/mol. The highest BCUT2D eigenvalue weighted by Crippen LogP contribution is 2.38. The molecule has 1 N–H and O–H groups in total. The molecule has 0 spiro atoms. The highest BCUT2D eigenvalue weighted by molar-refractivity contribution is 6.05. The summed E-state index contributed by atoms with van der Waals surface area (Å²) in [6, 6.07) is 12.3. The Labute approximate surface area is 189 Å². The Balaban J connectivity index is 1.98. The van der Waals surface area contributed by atoms with Gasteiger partial charge in [-0.2, -0.15) is 0 Å². The van der Waals surface area contributed by atoms with Crippen LogP contribution >= 0.6 is 0 Å². The molecular weight excluding hydrogens is 408 g/mol. The van der Waals surface area contributed by atoms with Gasteiger partial charge in [0.2, 0.25) is 5.75 Å². The first kappa shape index (κ1) is 23.2. The maximum atomic E-state index is 13.4. The number of nitrogens with one attached hydrogen (secondary N) is 1. The minimum atomic E-state index is -0.344. The first-order valence-electron chi connectivity index (χ1n) is 10.6. The lowest BCUT2D eigenvalue weighted by Crippen LogP contribution is -2.42. The maximum Gasteiger partial charge on any atom is 0.270 e. The summed E-state index contributed by atoms with van der Waals surface area (Å²) >= 11 is 0. The number of hydrogen-bond acceptors (Lipinski definition) is 5. The van der Waals surface area contributed by atoms with Gasteiger partial charge in [0.25, 0.3) is 11.8 Å². The topological polar surface area (TPSA) is 77.1 Å². The van der Waals surface area contributed by atoms with Crippen molar-refractivity contribution < 1.29 is 23.8 Å². The van der Waals surface area contributed by atoms with Crippen molar-refractivity contribution in [2.45, 2.75) is 19.8 Å². The molecule has 2 amide bonds. The molecule has 1 saturated heterocycles. The van der Waals surface area contributed by atoms with Gasteiger partial charge in [-0.1, -0.05) is 25.1 Å². The predicted octanol–water partition coefficient (Wildman–Crippen LogP) is 3.74. The van der Waals surface area contributed by atoms with Crippen LogP contribution in [0.25, 0.3) is 6.08 Å². The first-order valence-corrected chi connectivity index (χ1v) is 10.6. The summed E-state index contributed by atoms with van der Waals surface area (Å²) < 4.78 is 16.2. The largest absolute Gasteiger partial charge is 0.493 e. The van der Waals surface area contributed by atoms with Crippen LogP contribution in [0.1, 0.15) is 35.7 Å². The van der Waals surface area contributed by atoms with Crippen LogP contribution in [0.2, 0.25) is 0 Å². The van der Waals surface area contributed by atoms with E-state index in [1.807, 2.05) is 6.07 Å². The Morgan fingerprint density at radius 3 is 2.09 bits per heavy atom. The molecule has 1 fully saturated rings. The average molecular weight is 439 g/mol. The molecule has 0 radical (unpaired) electrons. The molecule has 0 saturated carbocycles. The summed E-state index contributed by atoms with van der Waals surface area (Å²) in [7, 11) is 4.59. The van der Waals surface area contributed by atoms with Gasteiger partial charge in [0.15, 0.2) is 11.5 Å². The molecule has 0 aliphatic carbocycles. The second kappa shape index (κ2) is 10.7. The van der Waals surface area contributed by atoms with Gasteiger partial charge in [-0.3, -0.25) is 9.59 Å². The molecule has 0 unspecified atom stereocenters. The highest BCUT2D eigenvalue weighted by atomic mass is 16.5. The zero-order chi connectivity index (χ0) is 23.1. The van der Waals surface area contributed by atoms with E-state index >= 15 is 0 Å². The van der Waals surface area contributed by atoms with Gasteiger partial charge in [-0.15, -0.1) is 0 Å². The normalized spacial score (nSPS) is 14.6. The average Bonchev–Trinajstić information content (AvgIpc) is 2.83. The fourth-order valence-electron chi connectivity index (χ4n) is 3.67. The quantitative estimate of drug-likeness (QED) is 0.667. The smallest absolute Gasteiger partial charge is 0.270 e. The lowest BCUT2D eigenvalue weighted by Gasteiger charge is -2.31. The molecule has 3 rings (SSSR count). The number of hydrogen-bond donors (Lipinski definition) is 1. The molecule has 2 aromatic carbocycles. The Bertz CT molecular complexity index is 954. The standard InChI is InChI=1S/C25H30N2O5/c1-17-10-12-27(13-11-17)25(29)20(26-24(28)19-8-6-5-7-9-19)14-18-15-21(30-2)23(32-4)22(16-18)31-3/h5-9,14-17H,10-13H2,1-4H3,(H,26,28)/b20-14-. The second-order valence-electron chi connectivity index (χ2n) is 7.81. The molecule has 7 heteroatoms. The summed E-state index contributed by atoms with van der Waals surface area (Å²) in [5, 5.41) is 2.81. The fraction of sp³-hybridized carbons (Fsp3) is 0.360. The molecule has 170 valence electrons. The van der Waals surface area contributed by atoms with Crippen molar-refractivity contribution in [1.29, 1.82) is 0 Å². The van der Waals surface area contributed by atoms with E-state index in [1.165, 1.54) is 21.3 Å². The van der Waals surface area contributed by atoms with E-state index in [1.54, 1.807) is 47.4 Å². The number of likely N-dealkylation sites (tertiary alicyclic amines) is 1. The summed E-state index contributed by atoms with van der Waals surface area (Å²) in [6.45, 7) is 3.51. The highest BCUT2D eigenvalue weighted by Gasteiger charge is 2.25. The number of ether oxygens (including phenoxy) is 3. The lowest BCUT2D eigenvalue weighted by atomic mass is 9.99. The Morgan fingerprint density at radius 2 is 1.56 bits per heavy atom. The fourth-order valence-corrected chi connectivity index (χ4v) is 3.67. The molecule has 2 aromatic rings. The molecular formula is C25H30N2O5. The van der Waals surface area contributed by atoms with Gasteiger partial charge in [-0.25, -0.2) is 0 Å².